The standard InChI is InChI=1S/C18H16N4O7/c1-28-10-17(24)20-12-4-2-3-11(7-12)19-16(23)9-21-14-6-5-13(22(26)27)8-15(14)29-18(21)25/h2-8H,9-10H2,1H3,(H,19,23)(H,20,24). The van der Waals surface area contributed by atoms with Crippen molar-refractivity contribution in [2.45, 2.75) is 6.54 Å². The molecular formula is C18H16N4O7. The molecule has 0 aliphatic heterocycles. The molecule has 0 atom stereocenters. The summed E-state index contributed by atoms with van der Waals surface area (Å²) >= 11 is 0. The maximum absolute atomic E-state index is 12.4. The van der Waals surface area contributed by atoms with E-state index in [1.54, 1.807) is 24.3 Å². The lowest BCUT2D eigenvalue weighted by molar-refractivity contribution is -0.384. The molecule has 29 heavy (non-hydrogen) atoms. The summed E-state index contributed by atoms with van der Waals surface area (Å²) in [5.74, 6) is -1.67. The van der Waals surface area contributed by atoms with Crippen LogP contribution in [-0.4, -0.2) is 35.0 Å². The molecule has 0 radical (unpaired) electrons. The van der Waals surface area contributed by atoms with E-state index in [-0.39, 0.29) is 35.8 Å². The number of nitrogens with zero attached hydrogens (tertiary/aromatic N) is 2. The molecule has 0 aliphatic carbocycles. The predicted octanol–water partition coefficient (Wildman–Crippen LogP) is 1.73. The summed E-state index contributed by atoms with van der Waals surface area (Å²) in [4.78, 5) is 46.2. The smallest absolute Gasteiger partial charge is 0.407 e. The number of oxazole rings is 1. The molecule has 2 N–H and O–H groups in total. The van der Waals surface area contributed by atoms with Gasteiger partial charge in [-0.25, -0.2) is 4.79 Å². The third kappa shape index (κ3) is 4.65. The molecule has 0 spiro atoms. The highest BCUT2D eigenvalue weighted by molar-refractivity contribution is 5.94. The van der Waals surface area contributed by atoms with E-state index in [4.69, 9.17) is 9.15 Å². The van der Waals surface area contributed by atoms with Crippen LogP contribution in [0, 0.1) is 10.1 Å². The second-order valence-corrected chi connectivity index (χ2v) is 5.97. The normalized spacial score (nSPS) is 10.7. The Morgan fingerprint density at radius 2 is 1.83 bits per heavy atom. The molecule has 2 amide bonds. The zero-order valence-electron chi connectivity index (χ0n) is 15.2. The predicted molar refractivity (Wildman–Crippen MR) is 103 cm³/mol. The summed E-state index contributed by atoms with van der Waals surface area (Å²) < 4.78 is 10.8. The summed E-state index contributed by atoms with van der Waals surface area (Å²) in [5, 5.41) is 16.1. The van der Waals surface area contributed by atoms with Gasteiger partial charge >= 0.3 is 5.76 Å². The fourth-order valence-electron chi connectivity index (χ4n) is 2.67. The number of hydrogen-bond donors (Lipinski definition) is 2. The van der Waals surface area contributed by atoms with Gasteiger partial charge in [0.1, 0.15) is 13.2 Å². The Bertz CT molecular complexity index is 1150. The number of carbonyl (C=O) groups is 2. The maximum atomic E-state index is 12.4. The first kappa shape index (κ1) is 19.8. The molecule has 1 heterocycles. The van der Waals surface area contributed by atoms with E-state index < -0.39 is 16.6 Å². The number of carbonyl (C=O) groups excluding carboxylic acids is 2. The van der Waals surface area contributed by atoms with E-state index in [0.29, 0.717) is 11.4 Å². The van der Waals surface area contributed by atoms with Gasteiger partial charge < -0.3 is 19.8 Å². The van der Waals surface area contributed by atoms with Crippen molar-refractivity contribution in [3.05, 3.63) is 63.1 Å². The average molecular weight is 400 g/mol. The Morgan fingerprint density at radius 3 is 2.48 bits per heavy atom. The molecule has 0 bridgehead atoms. The number of anilines is 2. The van der Waals surface area contributed by atoms with E-state index in [9.17, 15) is 24.5 Å². The van der Waals surface area contributed by atoms with Crippen LogP contribution in [0.3, 0.4) is 0 Å². The summed E-state index contributed by atoms with van der Waals surface area (Å²) in [6.07, 6.45) is 0. The largest absolute Gasteiger partial charge is 0.420 e. The van der Waals surface area contributed by atoms with E-state index in [1.807, 2.05) is 0 Å². The fraction of sp³-hybridized carbons (Fsp3) is 0.167. The molecule has 0 unspecified atom stereocenters. The van der Waals surface area contributed by atoms with Gasteiger partial charge in [-0.05, 0) is 24.3 Å². The number of non-ortho nitro benzene ring substituents is 1. The molecule has 0 aliphatic rings. The highest BCUT2D eigenvalue weighted by atomic mass is 16.6. The quantitative estimate of drug-likeness (QED) is 0.453. The monoisotopic (exact) mass is 400 g/mol. The van der Waals surface area contributed by atoms with E-state index in [2.05, 4.69) is 10.6 Å². The summed E-state index contributed by atoms with van der Waals surface area (Å²) in [7, 11) is 1.40. The number of aromatic nitrogens is 1. The molecular weight excluding hydrogens is 384 g/mol. The van der Waals surface area contributed by atoms with Gasteiger partial charge in [-0.3, -0.25) is 24.3 Å². The van der Waals surface area contributed by atoms with Crippen LogP contribution in [0.25, 0.3) is 11.1 Å². The molecule has 0 saturated heterocycles. The van der Waals surface area contributed by atoms with Crippen LogP contribution in [0.15, 0.2) is 51.7 Å². The van der Waals surface area contributed by atoms with Crippen molar-refractivity contribution in [2.75, 3.05) is 24.4 Å². The van der Waals surface area contributed by atoms with E-state index >= 15 is 0 Å². The van der Waals surface area contributed by atoms with Gasteiger partial charge in [0.2, 0.25) is 11.8 Å². The van der Waals surface area contributed by atoms with Crippen LogP contribution in [0.5, 0.6) is 0 Å². The average Bonchev–Trinajstić information content (AvgIpc) is 2.96. The summed E-state index contributed by atoms with van der Waals surface area (Å²) in [6.45, 7) is -0.463. The second-order valence-electron chi connectivity index (χ2n) is 5.97. The minimum absolute atomic E-state index is 0.0138. The first-order valence-electron chi connectivity index (χ1n) is 8.34. The zero-order valence-corrected chi connectivity index (χ0v) is 15.2. The van der Waals surface area contributed by atoms with Crippen molar-refractivity contribution in [3.8, 4) is 0 Å². The Hall–Kier alpha value is -3.99. The minimum Gasteiger partial charge on any atom is -0.407 e. The van der Waals surface area contributed by atoms with E-state index in [0.717, 1.165) is 10.6 Å². The highest BCUT2D eigenvalue weighted by Gasteiger charge is 2.16. The number of methoxy groups -OCH3 is 1. The Kier molecular flexibility index (Phi) is 5.69. The number of nitro groups is 1. The molecule has 11 heteroatoms. The van der Waals surface area contributed by atoms with Crippen molar-refractivity contribution in [3.63, 3.8) is 0 Å². The third-order valence-electron chi connectivity index (χ3n) is 3.87. The van der Waals surface area contributed by atoms with Crippen molar-refractivity contribution in [2.24, 2.45) is 0 Å². The number of ether oxygens (including phenoxy) is 1. The molecule has 2 aromatic carbocycles. The summed E-state index contributed by atoms with van der Waals surface area (Å²) in [5.41, 5.74) is 0.913. The number of nitro benzene ring substituents is 1. The Balaban J connectivity index is 1.74. The molecule has 1 aromatic heterocycles. The number of fused-ring (bicyclic) bond motifs is 1. The third-order valence-corrected chi connectivity index (χ3v) is 3.87. The zero-order chi connectivity index (χ0) is 21.0. The van der Waals surface area contributed by atoms with Gasteiger partial charge in [0.15, 0.2) is 5.58 Å². The van der Waals surface area contributed by atoms with Crippen LogP contribution >= 0.6 is 0 Å². The summed E-state index contributed by atoms with van der Waals surface area (Å²) in [6, 6.07) is 10.1. The molecule has 0 fully saturated rings. The van der Waals surface area contributed by atoms with Gasteiger partial charge in [-0.2, -0.15) is 0 Å². The van der Waals surface area contributed by atoms with Crippen molar-refractivity contribution in [1.82, 2.24) is 4.57 Å². The van der Waals surface area contributed by atoms with Crippen LogP contribution in [0.4, 0.5) is 17.1 Å². The van der Waals surface area contributed by atoms with Crippen molar-refractivity contribution >= 4 is 40.0 Å². The molecule has 150 valence electrons. The van der Waals surface area contributed by atoms with Crippen molar-refractivity contribution < 1.29 is 23.7 Å². The SMILES string of the molecule is COCC(=O)Nc1cccc(NC(=O)Cn2c(=O)oc3cc([N+](=O)[O-])ccc32)c1. The first-order valence-corrected chi connectivity index (χ1v) is 8.34. The lowest BCUT2D eigenvalue weighted by Gasteiger charge is -2.09. The van der Waals surface area contributed by atoms with Gasteiger partial charge in [-0.15, -0.1) is 0 Å². The van der Waals surface area contributed by atoms with Crippen LogP contribution in [-0.2, 0) is 20.9 Å². The topological polar surface area (TPSA) is 146 Å². The lowest BCUT2D eigenvalue weighted by Crippen LogP contribution is -2.24. The molecule has 3 aromatic rings. The van der Waals surface area contributed by atoms with Gasteiger partial charge in [0.05, 0.1) is 16.5 Å². The lowest BCUT2D eigenvalue weighted by atomic mass is 10.2. The van der Waals surface area contributed by atoms with Crippen LogP contribution in [0.1, 0.15) is 0 Å². The Labute approximate surface area is 163 Å². The second kappa shape index (κ2) is 8.35. The van der Waals surface area contributed by atoms with Gasteiger partial charge in [0, 0.05) is 24.6 Å². The Morgan fingerprint density at radius 1 is 1.14 bits per heavy atom. The van der Waals surface area contributed by atoms with E-state index in [1.165, 1.54) is 19.2 Å². The van der Waals surface area contributed by atoms with Crippen LogP contribution < -0.4 is 16.4 Å². The molecule has 0 saturated carbocycles. The molecule has 3 rings (SSSR count). The minimum atomic E-state index is -0.809. The maximum Gasteiger partial charge on any atom is 0.420 e. The van der Waals surface area contributed by atoms with Gasteiger partial charge in [-0.1, -0.05) is 6.07 Å². The number of amides is 2. The van der Waals surface area contributed by atoms with Crippen LogP contribution in [0.2, 0.25) is 0 Å². The fourth-order valence-corrected chi connectivity index (χ4v) is 2.67. The number of rotatable bonds is 7. The van der Waals surface area contributed by atoms with Crippen molar-refractivity contribution in [1.29, 1.82) is 0 Å². The first-order chi connectivity index (χ1) is 13.9. The highest BCUT2D eigenvalue weighted by Crippen LogP contribution is 2.20. The van der Waals surface area contributed by atoms with Gasteiger partial charge in [0.25, 0.3) is 5.69 Å². The number of hydrogen-bond acceptors (Lipinski definition) is 7. The number of nitrogens with one attached hydrogen (secondary N) is 2. The number of benzene rings is 2. The molecule has 11 nitrogen and oxygen atoms in total.